The maximum atomic E-state index is 12.6. The average molecular weight is 451 g/mol. The monoisotopic (exact) mass is 450 g/mol. The molecule has 0 aliphatic heterocycles. The molecule has 0 heterocycles. The van der Waals surface area contributed by atoms with Crippen LogP contribution in [-0.4, -0.2) is 87.9 Å². The first-order chi connectivity index (χ1) is 13.9. The molecule has 0 spiro atoms. The van der Waals surface area contributed by atoms with E-state index in [1.54, 1.807) is 13.8 Å². The fourth-order valence-electron chi connectivity index (χ4n) is 2.42. The number of carbonyl (C=O) groups is 4. The van der Waals surface area contributed by atoms with E-state index in [1.165, 1.54) is 18.7 Å². The SMILES string of the molecule is CSCCC(NC(=O)C(N)C(C)O)C(=O)NC(CO)C(=O)NC(CC(C)C)C(=O)O. The van der Waals surface area contributed by atoms with Crippen LogP contribution in [0, 0.1) is 5.92 Å². The molecule has 0 aliphatic rings. The minimum atomic E-state index is -1.40. The molecule has 5 unspecified atom stereocenters. The number of nitrogens with two attached hydrogens (primary N) is 1. The second kappa shape index (κ2) is 14.2. The van der Waals surface area contributed by atoms with Crippen LogP contribution in [0.5, 0.6) is 0 Å². The fraction of sp³-hybridized carbons (Fsp3) is 0.778. The molecule has 12 heteroatoms. The van der Waals surface area contributed by atoms with Gasteiger partial charge in [-0.05, 0) is 37.7 Å². The Kier molecular flexibility index (Phi) is 13.3. The molecule has 11 nitrogen and oxygen atoms in total. The summed E-state index contributed by atoms with van der Waals surface area (Å²) in [5.74, 6) is -3.04. The molecule has 0 saturated carbocycles. The number of aliphatic hydroxyl groups excluding tert-OH is 2. The van der Waals surface area contributed by atoms with Crippen LogP contribution >= 0.6 is 11.8 Å². The Bertz CT molecular complexity index is 589. The number of rotatable bonds is 14. The van der Waals surface area contributed by atoms with Crippen molar-refractivity contribution in [3.63, 3.8) is 0 Å². The Morgan fingerprint density at radius 2 is 1.43 bits per heavy atom. The highest BCUT2D eigenvalue weighted by atomic mass is 32.2. The van der Waals surface area contributed by atoms with Gasteiger partial charge < -0.3 is 37.0 Å². The van der Waals surface area contributed by atoms with Crippen LogP contribution in [0.15, 0.2) is 0 Å². The van der Waals surface area contributed by atoms with Crippen LogP contribution in [0.2, 0.25) is 0 Å². The zero-order chi connectivity index (χ0) is 23.4. The topological polar surface area (TPSA) is 191 Å². The van der Waals surface area contributed by atoms with Crippen molar-refractivity contribution in [2.24, 2.45) is 11.7 Å². The van der Waals surface area contributed by atoms with E-state index in [0.717, 1.165) is 0 Å². The maximum Gasteiger partial charge on any atom is 0.326 e. The second-order valence-corrected chi connectivity index (χ2v) is 8.37. The van der Waals surface area contributed by atoms with Gasteiger partial charge in [-0.15, -0.1) is 0 Å². The first kappa shape index (κ1) is 28.1. The lowest BCUT2D eigenvalue weighted by atomic mass is 10.0. The number of aliphatic hydroxyl groups is 2. The summed E-state index contributed by atoms with van der Waals surface area (Å²) in [6.07, 6.45) is 1.08. The maximum absolute atomic E-state index is 12.6. The van der Waals surface area contributed by atoms with Crippen LogP contribution in [0.25, 0.3) is 0 Å². The third-order valence-corrected chi connectivity index (χ3v) is 4.85. The van der Waals surface area contributed by atoms with Crippen molar-refractivity contribution in [1.29, 1.82) is 0 Å². The van der Waals surface area contributed by atoms with Crippen molar-refractivity contribution >= 4 is 35.5 Å². The first-order valence-corrected chi connectivity index (χ1v) is 11.0. The molecule has 0 aromatic heterocycles. The standard InChI is InChI=1S/C18H34N4O7S/c1-9(2)7-12(18(28)29)21-16(26)13(8-23)22-15(25)11(5-6-30-4)20-17(27)14(19)10(3)24/h9-14,23-24H,5-8,19H2,1-4H3,(H,20,27)(H,21,26)(H,22,25)(H,28,29). The highest BCUT2D eigenvalue weighted by Gasteiger charge is 2.30. The van der Waals surface area contributed by atoms with E-state index in [0.29, 0.717) is 5.75 Å². The van der Waals surface area contributed by atoms with Gasteiger partial charge in [-0.2, -0.15) is 11.8 Å². The van der Waals surface area contributed by atoms with Crippen LogP contribution in [0.4, 0.5) is 0 Å². The number of thioether (sulfide) groups is 1. The smallest absolute Gasteiger partial charge is 0.326 e. The number of carboxylic acids is 1. The third-order valence-electron chi connectivity index (χ3n) is 4.20. The number of nitrogens with one attached hydrogen (secondary N) is 3. The Labute approximate surface area is 180 Å². The lowest BCUT2D eigenvalue weighted by Gasteiger charge is -2.25. The quantitative estimate of drug-likeness (QED) is 0.157. The predicted molar refractivity (Wildman–Crippen MR) is 113 cm³/mol. The summed E-state index contributed by atoms with van der Waals surface area (Å²) in [7, 11) is 0. The van der Waals surface area contributed by atoms with Crippen LogP contribution in [0.3, 0.4) is 0 Å². The minimum absolute atomic E-state index is 0.00201. The Hall–Kier alpha value is -1.89. The molecule has 0 aliphatic carbocycles. The first-order valence-electron chi connectivity index (χ1n) is 9.61. The molecule has 174 valence electrons. The number of hydrogen-bond acceptors (Lipinski definition) is 8. The van der Waals surface area contributed by atoms with Crippen LogP contribution in [-0.2, 0) is 19.2 Å². The van der Waals surface area contributed by atoms with Crippen LogP contribution < -0.4 is 21.7 Å². The summed E-state index contributed by atoms with van der Waals surface area (Å²) in [6.45, 7) is 4.17. The van der Waals surface area contributed by atoms with E-state index in [9.17, 15) is 34.5 Å². The van der Waals surface area contributed by atoms with Crippen molar-refractivity contribution in [1.82, 2.24) is 16.0 Å². The normalized spacial score (nSPS) is 16.1. The van der Waals surface area contributed by atoms with Gasteiger partial charge in [-0.25, -0.2) is 4.79 Å². The number of amides is 3. The summed E-state index contributed by atoms with van der Waals surface area (Å²) >= 11 is 1.43. The van der Waals surface area contributed by atoms with Crippen molar-refractivity contribution < 1.29 is 34.5 Å². The van der Waals surface area contributed by atoms with E-state index >= 15 is 0 Å². The molecule has 5 atom stereocenters. The number of aliphatic carboxylic acids is 1. The summed E-state index contributed by atoms with van der Waals surface area (Å²) in [5, 5.41) is 35.3. The molecule has 3 amide bonds. The van der Waals surface area contributed by atoms with Gasteiger partial charge in [0.15, 0.2) is 0 Å². The molecule has 8 N–H and O–H groups in total. The van der Waals surface area contributed by atoms with Crippen molar-refractivity contribution in [3.8, 4) is 0 Å². The highest BCUT2D eigenvalue weighted by Crippen LogP contribution is 2.06. The van der Waals surface area contributed by atoms with Gasteiger partial charge in [0.05, 0.1) is 12.7 Å². The van der Waals surface area contributed by atoms with E-state index < -0.39 is 60.6 Å². The van der Waals surface area contributed by atoms with Gasteiger partial charge in [-0.1, -0.05) is 13.8 Å². The van der Waals surface area contributed by atoms with Gasteiger partial charge >= 0.3 is 5.97 Å². The number of hydrogen-bond donors (Lipinski definition) is 7. The van der Waals surface area contributed by atoms with E-state index in [2.05, 4.69) is 16.0 Å². The number of carboxylic acid groups (broad SMARTS) is 1. The van der Waals surface area contributed by atoms with Gasteiger partial charge in [-0.3, -0.25) is 14.4 Å². The predicted octanol–water partition coefficient (Wildman–Crippen LogP) is -1.97. The molecule has 0 aromatic carbocycles. The van der Waals surface area contributed by atoms with E-state index in [1.807, 2.05) is 6.26 Å². The van der Waals surface area contributed by atoms with Crippen molar-refractivity contribution in [2.45, 2.75) is 63.9 Å². The van der Waals surface area contributed by atoms with Crippen molar-refractivity contribution in [3.05, 3.63) is 0 Å². The van der Waals surface area contributed by atoms with Gasteiger partial charge in [0, 0.05) is 0 Å². The van der Waals surface area contributed by atoms with Gasteiger partial charge in [0.1, 0.15) is 24.2 Å². The lowest BCUT2D eigenvalue weighted by Crippen LogP contribution is -2.59. The third kappa shape index (κ3) is 10.2. The zero-order valence-electron chi connectivity index (χ0n) is 17.8. The molecular weight excluding hydrogens is 416 g/mol. The van der Waals surface area contributed by atoms with Gasteiger partial charge in [0.2, 0.25) is 17.7 Å². The largest absolute Gasteiger partial charge is 0.480 e. The Balaban J connectivity index is 5.19. The van der Waals surface area contributed by atoms with Gasteiger partial charge in [0.25, 0.3) is 0 Å². The lowest BCUT2D eigenvalue weighted by molar-refractivity contribution is -0.143. The summed E-state index contributed by atoms with van der Waals surface area (Å²) in [5.41, 5.74) is 5.58. The Morgan fingerprint density at radius 3 is 1.87 bits per heavy atom. The molecule has 0 bridgehead atoms. The Morgan fingerprint density at radius 1 is 0.933 bits per heavy atom. The number of carbonyl (C=O) groups excluding carboxylic acids is 3. The van der Waals surface area contributed by atoms with Crippen molar-refractivity contribution in [2.75, 3.05) is 18.6 Å². The zero-order valence-corrected chi connectivity index (χ0v) is 18.6. The fourth-order valence-corrected chi connectivity index (χ4v) is 2.89. The molecule has 0 rings (SSSR count). The van der Waals surface area contributed by atoms with Crippen LogP contribution in [0.1, 0.15) is 33.6 Å². The second-order valence-electron chi connectivity index (χ2n) is 7.38. The highest BCUT2D eigenvalue weighted by molar-refractivity contribution is 7.98. The summed E-state index contributed by atoms with van der Waals surface area (Å²) in [6, 6.07) is -4.86. The van der Waals surface area contributed by atoms with E-state index in [-0.39, 0.29) is 18.8 Å². The molecule has 0 fully saturated rings. The summed E-state index contributed by atoms with van der Waals surface area (Å²) < 4.78 is 0. The minimum Gasteiger partial charge on any atom is -0.480 e. The molecular formula is C18H34N4O7S. The molecule has 0 radical (unpaired) electrons. The molecule has 30 heavy (non-hydrogen) atoms. The summed E-state index contributed by atoms with van der Waals surface area (Å²) in [4.78, 5) is 48.4. The van der Waals surface area contributed by atoms with E-state index in [4.69, 9.17) is 5.73 Å². The average Bonchev–Trinajstić information content (AvgIpc) is 2.66. The molecule has 0 aromatic rings. The molecule has 0 saturated heterocycles.